The van der Waals surface area contributed by atoms with Gasteiger partial charge in [0.15, 0.2) is 0 Å². The summed E-state index contributed by atoms with van der Waals surface area (Å²) in [6.07, 6.45) is 18.7. The van der Waals surface area contributed by atoms with Crippen LogP contribution < -0.4 is 0 Å². The summed E-state index contributed by atoms with van der Waals surface area (Å²) in [5, 5.41) is 9.48. The Morgan fingerprint density at radius 2 is 1.80 bits per heavy atom. The molecule has 3 atom stereocenters. The maximum Gasteiger partial charge on any atom is 0.0726 e. The summed E-state index contributed by atoms with van der Waals surface area (Å²) in [4.78, 5) is 0. The number of aliphatic hydroxyl groups excluding tert-OH is 1. The number of allylic oxidation sites excluding steroid dienone is 5. The van der Waals surface area contributed by atoms with E-state index in [0.29, 0.717) is 5.92 Å². The third-order valence-corrected chi connectivity index (χ3v) is 3.31. The molecule has 0 aliphatic heterocycles. The van der Waals surface area contributed by atoms with Gasteiger partial charge in [-0.15, -0.1) is 0 Å². The monoisotopic (exact) mass is 204 g/mol. The molecule has 0 aromatic heterocycles. The Morgan fingerprint density at radius 3 is 2.53 bits per heavy atom. The van der Waals surface area contributed by atoms with Gasteiger partial charge in [0.25, 0.3) is 0 Å². The van der Waals surface area contributed by atoms with Crippen molar-refractivity contribution in [3.63, 3.8) is 0 Å². The van der Waals surface area contributed by atoms with E-state index in [1.807, 2.05) is 6.08 Å². The number of hydrogen-bond donors (Lipinski definition) is 1. The molecule has 0 fully saturated rings. The lowest BCUT2D eigenvalue weighted by molar-refractivity contribution is 0.189. The molecular formula is C14H20O. The van der Waals surface area contributed by atoms with E-state index in [0.717, 1.165) is 18.8 Å². The predicted molar refractivity (Wildman–Crippen MR) is 63.5 cm³/mol. The highest BCUT2D eigenvalue weighted by Gasteiger charge is 2.14. The van der Waals surface area contributed by atoms with Crippen LogP contribution in [0.5, 0.6) is 0 Å². The number of rotatable bonds is 2. The lowest BCUT2D eigenvalue weighted by Gasteiger charge is -2.19. The molecule has 82 valence electrons. The molecule has 0 radical (unpaired) electrons. The largest absolute Gasteiger partial charge is 0.389 e. The average Bonchev–Trinajstić information content (AvgIpc) is 2.28. The molecule has 1 nitrogen and oxygen atoms in total. The number of aliphatic hydroxyl groups is 1. The first-order chi connectivity index (χ1) is 7.34. The van der Waals surface area contributed by atoms with E-state index in [9.17, 15) is 5.11 Å². The minimum Gasteiger partial charge on any atom is -0.389 e. The van der Waals surface area contributed by atoms with Gasteiger partial charge >= 0.3 is 0 Å². The summed E-state index contributed by atoms with van der Waals surface area (Å²) >= 11 is 0. The Hall–Kier alpha value is -0.820. The van der Waals surface area contributed by atoms with Gasteiger partial charge in [0.1, 0.15) is 0 Å². The van der Waals surface area contributed by atoms with E-state index < -0.39 is 0 Å². The van der Waals surface area contributed by atoms with Gasteiger partial charge in [-0.2, -0.15) is 0 Å². The molecule has 0 spiro atoms. The minimum absolute atomic E-state index is 0.223. The van der Waals surface area contributed by atoms with E-state index in [4.69, 9.17) is 0 Å². The second-order valence-electron chi connectivity index (χ2n) is 4.66. The average molecular weight is 204 g/mol. The van der Waals surface area contributed by atoms with Gasteiger partial charge in [0.05, 0.1) is 6.10 Å². The van der Waals surface area contributed by atoms with Crippen molar-refractivity contribution in [2.24, 2.45) is 11.8 Å². The molecule has 2 rings (SSSR count). The third-order valence-electron chi connectivity index (χ3n) is 3.31. The fraction of sp³-hybridized carbons (Fsp3) is 0.571. The van der Waals surface area contributed by atoms with Gasteiger partial charge in [-0.25, -0.2) is 0 Å². The van der Waals surface area contributed by atoms with Crippen molar-refractivity contribution in [1.29, 1.82) is 0 Å². The highest BCUT2D eigenvalue weighted by Crippen LogP contribution is 2.24. The number of hydrogen-bond acceptors (Lipinski definition) is 1. The van der Waals surface area contributed by atoms with Crippen molar-refractivity contribution in [3.05, 3.63) is 36.5 Å². The first-order valence-corrected chi connectivity index (χ1v) is 6.02. The standard InChI is InChI=1S/C14H20O/c15-14-8-4-7-13(11-14)10-9-12-5-2-1-3-6-12/h1-2,4,8-10,12-15H,3,5-7,11H2. The van der Waals surface area contributed by atoms with Crippen LogP contribution in [0.2, 0.25) is 0 Å². The highest BCUT2D eigenvalue weighted by molar-refractivity contribution is 5.05. The van der Waals surface area contributed by atoms with Gasteiger partial charge in [0, 0.05) is 0 Å². The van der Waals surface area contributed by atoms with Gasteiger partial charge < -0.3 is 5.11 Å². The van der Waals surface area contributed by atoms with Crippen LogP contribution in [-0.2, 0) is 0 Å². The Bertz CT molecular complexity index is 275. The quantitative estimate of drug-likeness (QED) is 0.685. The Morgan fingerprint density at radius 1 is 1.00 bits per heavy atom. The molecule has 0 amide bonds. The molecule has 3 unspecified atom stereocenters. The third kappa shape index (κ3) is 3.35. The summed E-state index contributed by atoms with van der Waals surface area (Å²) < 4.78 is 0. The van der Waals surface area contributed by atoms with E-state index in [1.165, 1.54) is 19.3 Å². The Labute approximate surface area is 92.2 Å². The Balaban J connectivity index is 1.83. The fourth-order valence-corrected chi connectivity index (χ4v) is 2.36. The van der Waals surface area contributed by atoms with Crippen molar-refractivity contribution in [3.8, 4) is 0 Å². The summed E-state index contributed by atoms with van der Waals surface area (Å²) in [5.74, 6) is 1.29. The van der Waals surface area contributed by atoms with Gasteiger partial charge in [-0.05, 0) is 43.9 Å². The van der Waals surface area contributed by atoms with Crippen LogP contribution in [-0.4, -0.2) is 11.2 Å². The van der Waals surface area contributed by atoms with Crippen molar-refractivity contribution >= 4 is 0 Å². The molecule has 0 saturated carbocycles. The Kier molecular flexibility index (Phi) is 3.79. The topological polar surface area (TPSA) is 20.2 Å². The van der Waals surface area contributed by atoms with Crippen molar-refractivity contribution < 1.29 is 5.11 Å². The molecule has 0 bridgehead atoms. The highest BCUT2D eigenvalue weighted by atomic mass is 16.3. The van der Waals surface area contributed by atoms with Crippen LogP contribution >= 0.6 is 0 Å². The van der Waals surface area contributed by atoms with Gasteiger partial charge in [-0.3, -0.25) is 0 Å². The first-order valence-electron chi connectivity index (χ1n) is 6.02. The van der Waals surface area contributed by atoms with Crippen molar-refractivity contribution in [2.75, 3.05) is 0 Å². The van der Waals surface area contributed by atoms with Crippen LogP contribution in [0.3, 0.4) is 0 Å². The van der Waals surface area contributed by atoms with Crippen LogP contribution in [0.4, 0.5) is 0 Å². The SMILES string of the molecule is OC1C=CCC(C=CC2CC=CCC2)C1. The second kappa shape index (κ2) is 5.32. The van der Waals surface area contributed by atoms with E-state index >= 15 is 0 Å². The van der Waals surface area contributed by atoms with Crippen molar-refractivity contribution in [2.45, 2.75) is 38.2 Å². The van der Waals surface area contributed by atoms with E-state index in [-0.39, 0.29) is 6.10 Å². The minimum atomic E-state index is -0.223. The molecule has 0 aromatic carbocycles. The van der Waals surface area contributed by atoms with Gasteiger partial charge in [0.2, 0.25) is 0 Å². The molecule has 2 aliphatic carbocycles. The zero-order chi connectivity index (χ0) is 10.5. The molecular weight excluding hydrogens is 184 g/mol. The maximum atomic E-state index is 9.48. The maximum absolute atomic E-state index is 9.48. The predicted octanol–water partition coefficient (Wildman–Crippen LogP) is 3.23. The summed E-state index contributed by atoms with van der Waals surface area (Å²) in [7, 11) is 0. The smallest absolute Gasteiger partial charge is 0.0726 e. The van der Waals surface area contributed by atoms with Crippen LogP contribution in [0.25, 0.3) is 0 Å². The molecule has 2 aliphatic rings. The van der Waals surface area contributed by atoms with Crippen LogP contribution in [0, 0.1) is 11.8 Å². The van der Waals surface area contributed by atoms with E-state index in [2.05, 4.69) is 30.4 Å². The zero-order valence-electron chi connectivity index (χ0n) is 9.18. The fourth-order valence-electron chi connectivity index (χ4n) is 2.36. The first kappa shape index (κ1) is 10.7. The molecule has 1 heteroatoms. The second-order valence-corrected chi connectivity index (χ2v) is 4.66. The summed E-state index contributed by atoms with van der Waals surface area (Å²) in [5.41, 5.74) is 0. The molecule has 1 N–H and O–H groups in total. The van der Waals surface area contributed by atoms with Crippen LogP contribution in [0.15, 0.2) is 36.5 Å². The zero-order valence-corrected chi connectivity index (χ0v) is 9.18. The molecule has 0 heterocycles. The van der Waals surface area contributed by atoms with E-state index in [1.54, 1.807) is 0 Å². The van der Waals surface area contributed by atoms with Crippen molar-refractivity contribution in [1.82, 2.24) is 0 Å². The summed E-state index contributed by atoms with van der Waals surface area (Å²) in [6, 6.07) is 0. The molecule has 0 saturated heterocycles. The summed E-state index contributed by atoms with van der Waals surface area (Å²) in [6.45, 7) is 0. The molecule has 0 aromatic rings. The van der Waals surface area contributed by atoms with Gasteiger partial charge in [-0.1, -0.05) is 36.5 Å². The van der Waals surface area contributed by atoms with Crippen LogP contribution in [0.1, 0.15) is 32.1 Å². The normalized spacial score (nSPS) is 36.2. The lowest BCUT2D eigenvalue weighted by Crippen LogP contribution is -2.13. The molecule has 15 heavy (non-hydrogen) atoms. The lowest BCUT2D eigenvalue weighted by atomic mass is 9.88.